The van der Waals surface area contributed by atoms with Crippen LogP contribution in [0.25, 0.3) is 0 Å². The molecule has 1 aromatic carbocycles. The van der Waals surface area contributed by atoms with Crippen LogP contribution in [0.3, 0.4) is 0 Å². The second kappa shape index (κ2) is 6.93. The fourth-order valence-electron chi connectivity index (χ4n) is 2.58. The molecule has 1 aliphatic heterocycles. The molecule has 0 unspecified atom stereocenters. The Kier molecular flexibility index (Phi) is 5.32. The summed E-state index contributed by atoms with van der Waals surface area (Å²) in [6.45, 7) is 3.78. The fraction of sp³-hybridized carbons (Fsp3) is 0.529. The van der Waals surface area contributed by atoms with E-state index in [0.717, 1.165) is 12.0 Å². The Morgan fingerprint density at radius 1 is 1.33 bits per heavy atom. The molecule has 0 radical (unpaired) electrons. The van der Waals surface area contributed by atoms with Gasteiger partial charge in [-0.2, -0.15) is 23.3 Å². The van der Waals surface area contributed by atoms with Crippen molar-refractivity contribution in [1.29, 1.82) is 0 Å². The van der Waals surface area contributed by atoms with Gasteiger partial charge in [0.05, 0.1) is 6.42 Å². The van der Waals surface area contributed by atoms with E-state index in [-0.39, 0.29) is 17.1 Å². The van der Waals surface area contributed by atoms with Gasteiger partial charge in [0.25, 0.3) is 5.72 Å². The van der Waals surface area contributed by atoms with Crippen molar-refractivity contribution in [1.82, 2.24) is 5.01 Å². The van der Waals surface area contributed by atoms with Gasteiger partial charge in [-0.3, -0.25) is 4.79 Å². The number of carbonyl (C=O) groups excluding carboxylic acids is 1. The van der Waals surface area contributed by atoms with Crippen molar-refractivity contribution >= 4 is 11.6 Å². The Morgan fingerprint density at radius 3 is 2.50 bits per heavy atom. The van der Waals surface area contributed by atoms with Crippen LogP contribution in [-0.4, -0.2) is 33.6 Å². The Bertz CT molecular complexity index is 626. The van der Waals surface area contributed by atoms with Crippen LogP contribution >= 0.6 is 0 Å². The van der Waals surface area contributed by atoms with Gasteiger partial charge in [0, 0.05) is 12.1 Å². The first-order valence-electron chi connectivity index (χ1n) is 7.91. The summed E-state index contributed by atoms with van der Waals surface area (Å²) in [5.41, 5.74) is -1.49. The third kappa shape index (κ3) is 3.77. The molecular weight excluding hydrogens is 321 g/mol. The molecule has 0 bridgehead atoms. The molecule has 0 saturated heterocycles. The van der Waals surface area contributed by atoms with Crippen molar-refractivity contribution in [2.45, 2.75) is 57.9 Å². The summed E-state index contributed by atoms with van der Waals surface area (Å²) < 4.78 is 40.0. The summed E-state index contributed by atoms with van der Waals surface area (Å²) in [5, 5.41) is 14.1. The molecule has 2 rings (SSSR count). The first kappa shape index (κ1) is 18.4. The molecular formula is C17H21F3N2O2. The number of amides is 1. The molecule has 0 aromatic heterocycles. The van der Waals surface area contributed by atoms with Gasteiger partial charge in [-0.15, -0.1) is 0 Å². The highest BCUT2D eigenvalue weighted by Gasteiger charge is 2.62. The number of hydrogen-bond acceptors (Lipinski definition) is 3. The minimum Gasteiger partial charge on any atom is -0.362 e. The van der Waals surface area contributed by atoms with E-state index in [0.29, 0.717) is 18.4 Å². The molecule has 24 heavy (non-hydrogen) atoms. The number of hydrogen-bond donors (Lipinski definition) is 1. The quantitative estimate of drug-likeness (QED) is 0.889. The topological polar surface area (TPSA) is 52.9 Å². The molecule has 1 aromatic rings. The predicted molar refractivity (Wildman–Crippen MR) is 84.3 cm³/mol. The van der Waals surface area contributed by atoms with Crippen molar-refractivity contribution in [3.63, 3.8) is 0 Å². The van der Waals surface area contributed by atoms with Crippen molar-refractivity contribution < 1.29 is 23.1 Å². The normalized spacial score (nSPS) is 21.1. The van der Waals surface area contributed by atoms with Crippen molar-refractivity contribution in [3.05, 3.63) is 35.4 Å². The van der Waals surface area contributed by atoms with E-state index in [1.807, 2.05) is 13.8 Å². The van der Waals surface area contributed by atoms with E-state index in [1.54, 1.807) is 24.3 Å². The zero-order valence-electron chi connectivity index (χ0n) is 13.7. The zero-order chi connectivity index (χ0) is 18.0. The van der Waals surface area contributed by atoms with Gasteiger partial charge >= 0.3 is 6.18 Å². The van der Waals surface area contributed by atoms with Gasteiger partial charge in [0.15, 0.2) is 0 Å². The van der Waals surface area contributed by atoms with Crippen molar-refractivity contribution in [3.8, 4) is 0 Å². The van der Waals surface area contributed by atoms with E-state index >= 15 is 0 Å². The lowest BCUT2D eigenvalue weighted by atomic mass is 10.0. The van der Waals surface area contributed by atoms with Gasteiger partial charge in [0.2, 0.25) is 5.91 Å². The molecule has 0 fully saturated rings. The number of hydrazone groups is 1. The molecule has 0 spiro atoms. The lowest BCUT2D eigenvalue weighted by molar-refractivity contribution is -0.302. The number of halogens is 3. The van der Waals surface area contributed by atoms with Gasteiger partial charge in [-0.1, -0.05) is 43.2 Å². The second-order valence-corrected chi connectivity index (χ2v) is 6.13. The highest BCUT2D eigenvalue weighted by Crippen LogP contribution is 2.41. The number of rotatable bonds is 5. The van der Waals surface area contributed by atoms with E-state index in [2.05, 4.69) is 5.10 Å². The summed E-state index contributed by atoms with van der Waals surface area (Å²) in [4.78, 5) is 12.3. The average molecular weight is 342 g/mol. The number of unbranched alkanes of at least 4 members (excludes halogenated alkanes) is 1. The van der Waals surface area contributed by atoms with Gasteiger partial charge in [-0.05, 0) is 25.3 Å². The van der Waals surface area contributed by atoms with Gasteiger partial charge in [-0.25, -0.2) is 0 Å². The second-order valence-electron chi connectivity index (χ2n) is 6.13. The van der Waals surface area contributed by atoms with E-state index < -0.39 is 24.2 Å². The highest BCUT2D eigenvalue weighted by atomic mass is 19.4. The Hall–Kier alpha value is -1.89. The van der Waals surface area contributed by atoms with Crippen LogP contribution in [0, 0.1) is 6.92 Å². The smallest absolute Gasteiger partial charge is 0.362 e. The van der Waals surface area contributed by atoms with Crippen LogP contribution in [0.15, 0.2) is 29.4 Å². The van der Waals surface area contributed by atoms with E-state index in [9.17, 15) is 23.1 Å². The SMILES string of the molecule is CCCCC1=NN(C(=O)Cc2ccc(C)cc2)[C@@](O)(C(F)(F)F)C1. The predicted octanol–water partition coefficient (Wildman–Crippen LogP) is 3.57. The monoisotopic (exact) mass is 342 g/mol. The largest absolute Gasteiger partial charge is 0.438 e. The van der Waals surface area contributed by atoms with Crippen molar-refractivity contribution in [2.75, 3.05) is 0 Å². The van der Waals surface area contributed by atoms with Crippen LogP contribution < -0.4 is 0 Å². The third-order valence-corrected chi connectivity index (χ3v) is 4.03. The summed E-state index contributed by atoms with van der Waals surface area (Å²) in [7, 11) is 0. The van der Waals surface area contributed by atoms with Crippen LogP contribution in [0.2, 0.25) is 0 Å². The molecule has 1 aliphatic rings. The summed E-state index contributed by atoms with van der Waals surface area (Å²) in [5.74, 6) is -0.870. The summed E-state index contributed by atoms with van der Waals surface area (Å²) >= 11 is 0. The number of benzene rings is 1. The van der Waals surface area contributed by atoms with Crippen LogP contribution in [0.4, 0.5) is 13.2 Å². The molecule has 1 N–H and O–H groups in total. The minimum atomic E-state index is -4.96. The number of nitrogens with zero attached hydrogens (tertiary/aromatic N) is 2. The Morgan fingerprint density at radius 2 is 1.96 bits per heavy atom. The molecule has 1 amide bonds. The molecule has 7 heteroatoms. The summed E-state index contributed by atoms with van der Waals surface area (Å²) in [6.07, 6.45) is -4.11. The fourth-order valence-corrected chi connectivity index (χ4v) is 2.58. The summed E-state index contributed by atoms with van der Waals surface area (Å²) in [6, 6.07) is 6.91. The lowest BCUT2D eigenvalue weighted by Crippen LogP contribution is -2.57. The maximum absolute atomic E-state index is 13.3. The molecule has 0 aliphatic carbocycles. The lowest BCUT2D eigenvalue weighted by Gasteiger charge is -2.32. The van der Waals surface area contributed by atoms with Crippen molar-refractivity contribution in [2.24, 2.45) is 5.10 Å². The Labute approximate surface area is 139 Å². The number of alkyl halides is 3. The van der Waals surface area contributed by atoms with Crippen LogP contribution in [0.5, 0.6) is 0 Å². The third-order valence-electron chi connectivity index (χ3n) is 4.03. The zero-order valence-corrected chi connectivity index (χ0v) is 13.7. The minimum absolute atomic E-state index is 0.203. The average Bonchev–Trinajstić information content (AvgIpc) is 2.85. The molecule has 0 saturated carbocycles. The van der Waals surface area contributed by atoms with Gasteiger partial charge in [0.1, 0.15) is 0 Å². The molecule has 1 atom stereocenters. The standard InChI is InChI=1S/C17H21F3N2O2/c1-3-4-5-14-11-16(24,17(18,19)20)22(21-14)15(23)10-13-8-6-12(2)7-9-13/h6-9,24H,3-5,10-11H2,1-2H3/t16-/m0/s1. The molecule has 4 nitrogen and oxygen atoms in total. The maximum Gasteiger partial charge on any atom is 0.438 e. The number of aliphatic hydroxyl groups is 1. The maximum atomic E-state index is 13.3. The first-order chi connectivity index (χ1) is 11.2. The molecule has 1 heterocycles. The van der Waals surface area contributed by atoms with Gasteiger partial charge < -0.3 is 5.11 Å². The van der Waals surface area contributed by atoms with E-state index in [1.165, 1.54) is 0 Å². The number of aryl methyl sites for hydroxylation is 1. The van der Waals surface area contributed by atoms with Crippen LogP contribution in [-0.2, 0) is 11.2 Å². The number of carbonyl (C=O) groups is 1. The molecule has 132 valence electrons. The highest BCUT2D eigenvalue weighted by molar-refractivity contribution is 5.91. The van der Waals surface area contributed by atoms with E-state index in [4.69, 9.17) is 0 Å². The Balaban J connectivity index is 2.22. The first-order valence-corrected chi connectivity index (χ1v) is 7.91. The van der Waals surface area contributed by atoms with Crippen LogP contribution in [0.1, 0.15) is 43.7 Å².